The van der Waals surface area contributed by atoms with Gasteiger partial charge >= 0.3 is 0 Å². The molecule has 9 heteroatoms. The Balaban J connectivity index is 1.89. The van der Waals surface area contributed by atoms with Crippen molar-refractivity contribution in [2.24, 2.45) is 0 Å². The van der Waals surface area contributed by atoms with Gasteiger partial charge < -0.3 is 15.0 Å². The first-order valence-electron chi connectivity index (χ1n) is 8.12. The van der Waals surface area contributed by atoms with Crippen LogP contribution < -0.4 is 15.0 Å². The predicted molar refractivity (Wildman–Crippen MR) is 98.9 cm³/mol. The van der Waals surface area contributed by atoms with Crippen LogP contribution in [-0.4, -0.2) is 69.6 Å². The van der Waals surface area contributed by atoms with Gasteiger partial charge in [-0.05, 0) is 19.1 Å². The molecule has 1 atom stereocenters. The van der Waals surface area contributed by atoms with E-state index in [4.69, 9.17) is 16.3 Å². The maximum absolute atomic E-state index is 12.4. The molecule has 1 aliphatic rings. The van der Waals surface area contributed by atoms with Crippen LogP contribution in [0.2, 0.25) is 0 Å². The molecular formula is C16H24ClN3O4S. The molecule has 25 heavy (non-hydrogen) atoms. The fraction of sp³-hybridized carbons (Fsp3) is 0.562. The summed E-state index contributed by atoms with van der Waals surface area (Å²) in [7, 11) is -1.79. The number of carbonyl (C=O) groups excluding carboxylic acids is 1. The number of para-hydroxylation sites is 2. The molecule has 0 spiro atoms. The van der Waals surface area contributed by atoms with Crippen LogP contribution in [0.25, 0.3) is 0 Å². The molecule has 0 radical (unpaired) electrons. The molecule has 1 heterocycles. The number of hydrogen-bond acceptors (Lipinski definition) is 5. The van der Waals surface area contributed by atoms with Gasteiger partial charge in [0.1, 0.15) is 11.1 Å². The smallest absolute Gasteiger partial charge is 0.237 e. The van der Waals surface area contributed by atoms with E-state index in [9.17, 15) is 13.2 Å². The second-order valence-corrected chi connectivity index (χ2v) is 8.52. The summed E-state index contributed by atoms with van der Waals surface area (Å²) in [4.78, 5) is 13.5. The number of amides is 1. The quantitative estimate of drug-likeness (QED) is 0.701. The Morgan fingerprint density at radius 3 is 2.52 bits per heavy atom. The van der Waals surface area contributed by atoms with Crippen molar-refractivity contribution in [3.8, 4) is 5.75 Å². The van der Waals surface area contributed by atoms with E-state index in [1.165, 1.54) is 4.31 Å². The van der Waals surface area contributed by atoms with Gasteiger partial charge in [-0.25, -0.2) is 8.42 Å². The minimum absolute atomic E-state index is 0.0605. The third kappa shape index (κ3) is 5.23. The monoisotopic (exact) mass is 389 g/mol. The molecule has 140 valence electrons. The number of nitrogens with zero attached hydrogens (tertiary/aromatic N) is 2. The molecule has 0 aliphatic carbocycles. The summed E-state index contributed by atoms with van der Waals surface area (Å²) in [6, 6.07) is 7.69. The lowest BCUT2D eigenvalue weighted by Crippen LogP contribution is -2.50. The van der Waals surface area contributed by atoms with Crippen LogP contribution in [0.1, 0.15) is 6.92 Å². The fourth-order valence-electron chi connectivity index (χ4n) is 2.67. The highest BCUT2D eigenvalue weighted by atomic mass is 35.5. The van der Waals surface area contributed by atoms with E-state index in [0.717, 1.165) is 11.4 Å². The van der Waals surface area contributed by atoms with Crippen molar-refractivity contribution in [3.63, 3.8) is 0 Å². The molecule has 1 unspecified atom stereocenters. The van der Waals surface area contributed by atoms with Crippen LogP contribution in [0.4, 0.5) is 5.69 Å². The summed E-state index contributed by atoms with van der Waals surface area (Å²) in [5, 5.41) is 1.85. The number of carbonyl (C=O) groups is 1. The van der Waals surface area contributed by atoms with Gasteiger partial charge in [-0.3, -0.25) is 4.79 Å². The second-order valence-electron chi connectivity index (χ2n) is 5.78. The highest BCUT2D eigenvalue weighted by Crippen LogP contribution is 2.28. The van der Waals surface area contributed by atoms with E-state index in [2.05, 4.69) is 10.2 Å². The van der Waals surface area contributed by atoms with Gasteiger partial charge in [-0.1, -0.05) is 12.1 Å². The van der Waals surface area contributed by atoms with Gasteiger partial charge in [0.2, 0.25) is 15.9 Å². The van der Waals surface area contributed by atoms with Gasteiger partial charge in [0.05, 0.1) is 18.6 Å². The van der Waals surface area contributed by atoms with E-state index >= 15 is 0 Å². The first-order chi connectivity index (χ1) is 11.8. The summed E-state index contributed by atoms with van der Waals surface area (Å²) >= 11 is 5.64. The Kier molecular flexibility index (Phi) is 6.92. The van der Waals surface area contributed by atoms with Gasteiger partial charge in [0, 0.05) is 32.7 Å². The summed E-state index contributed by atoms with van der Waals surface area (Å²) < 4.78 is 31.6. The minimum Gasteiger partial charge on any atom is -0.495 e. The summed E-state index contributed by atoms with van der Waals surface area (Å²) in [5.41, 5.74) is 0.963. The number of methoxy groups -OCH3 is 1. The van der Waals surface area contributed by atoms with E-state index in [1.54, 1.807) is 14.0 Å². The zero-order valence-corrected chi connectivity index (χ0v) is 16.0. The molecule has 1 aliphatic heterocycles. The first-order valence-corrected chi connectivity index (χ1v) is 10.2. The number of hydrogen-bond donors (Lipinski definition) is 1. The van der Waals surface area contributed by atoms with E-state index < -0.39 is 15.4 Å². The lowest BCUT2D eigenvalue weighted by atomic mass is 10.2. The number of nitrogens with one attached hydrogen (secondary N) is 1. The Morgan fingerprint density at radius 2 is 1.92 bits per heavy atom. The molecule has 1 N–H and O–H groups in total. The molecule has 1 fully saturated rings. The van der Waals surface area contributed by atoms with Crippen LogP contribution >= 0.6 is 11.6 Å². The van der Waals surface area contributed by atoms with Crippen LogP contribution in [0, 0.1) is 0 Å². The highest BCUT2D eigenvalue weighted by Gasteiger charge is 2.27. The predicted octanol–water partition coefficient (Wildman–Crippen LogP) is 0.890. The van der Waals surface area contributed by atoms with E-state index in [-0.39, 0.29) is 18.2 Å². The average molecular weight is 390 g/mol. The van der Waals surface area contributed by atoms with Crippen LogP contribution in [-0.2, 0) is 14.8 Å². The zero-order chi connectivity index (χ0) is 18.4. The Hall–Kier alpha value is -1.51. The molecule has 0 aromatic heterocycles. The zero-order valence-electron chi connectivity index (χ0n) is 14.4. The van der Waals surface area contributed by atoms with Gasteiger partial charge in [-0.2, -0.15) is 4.31 Å². The fourth-order valence-corrected chi connectivity index (χ4v) is 4.09. The van der Waals surface area contributed by atoms with Gasteiger partial charge in [0.15, 0.2) is 0 Å². The van der Waals surface area contributed by atoms with Crippen molar-refractivity contribution in [1.29, 1.82) is 0 Å². The highest BCUT2D eigenvalue weighted by molar-refractivity contribution is 7.89. The molecule has 7 nitrogen and oxygen atoms in total. The Labute approximate surface area is 153 Å². The average Bonchev–Trinajstić information content (AvgIpc) is 2.61. The van der Waals surface area contributed by atoms with Crippen molar-refractivity contribution in [1.82, 2.24) is 9.62 Å². The molecule has 1 aromatic rings. The molecule has 0 bridgehead atoms. The number of anilines is 1. The number of ether oxygens (including phenoxy) is 1. The number of halogens is 1. The second kappa shape index (κ2) is 8.73. The first kappa shape index (κ1) is 19.8. The third-order valence-electron chi connectivity index (χ3n) is 4.08. The molecule has 2 rings (SSSR count). The van der Waals surface area contributed by atoms with Gasteiger partial charge in [0.25, 0.3) is 0 Å². The largest absolute Gasteiger partial charge is 0.495 e. The van der Waals surface area contributed by atoms with Crippen LogP contribution in [0.15, 0.2) is 24.3 Å². The number of alkyl halides is 1. The maximum Gasteiger partial charge on any atom is 0.237 e. The van der Waals surface area contributed by atoms with Crippen molar-refractivity contribution in [2.45, 2.75) is 12.3 Å². The summed E-state index contributed by atoms with van der Waals surface area (Å²) in [5.74, 6) is 0.284. The number of benzene rings is 1. The van der Waals surface area contributed by atoms with Crippen molar-refractivity contribution < 1.29 is 17.9 Å². The lowest BCUT2D eigenvalue weighted by molar-refractivity contribution is -0.120. The van der Waals surface area contributed by atoms with E-state index in [0.29, 0.717) is 26.2 Å². The standard InChI is InChI=1S/C16H24ClN3O4S/c1-13(17)16(21)18-7-12-25(22,23)20-10-8-19(9-11-20)14-5-3-4-6-15(14)24-2/h3-6,13H,7-12H2,1-2H3,(H,18,21). The topological polar surface area (TPSA) is 79.0 Å². The van der Waals surface area contributed by atoms with Crippen LogP contribution in [0.5, 0.6) is 5.75 Å². The number of piperazine rings is 1. The summed E-state index contributed by atoms with van der Waals surface area (Å²) in [6.07, 6.45) is 0. The molecule has 1 aromatic carbocycles. The lowest BCUT2D eigenvalue weighted by Gasteiger charge is -2.36. The normalized spacial score (nSPS) is 17.2. The SMILES string of the molecule is COc1ccccc1N1CCN(S(=O)(=O)CCNC(=O)C(C)Cl)CC1. The summed E-state index contributed by atoms with van der Waals surface area (Å²) in [6.45, 7) is 3.59. The maximum atomic E-state index is 12.4. The minimum atomic E-state index is -3.41. The molecule has 1 saturated heterocycles. The molecular weight excluding hydrogens is 366 g/mol. The van der Waals surface area contributed by atoms with E-state index in [1.807, 2.05) is 24.3 Å². The van der Waals surface area contributed by atoms with Crippen molar-refractivity contribution in [2.75, 3.05) is 50.5 Å². The van der Waals surface area contributed by atoms with Gasteiger partial charge in [-0.15, -0.1) is 11.6 Å². The Bertz CT molecular complexity index is 688. The van der Waals surface area contributed by atoms with Crippen molar-refractivity contribution in [3.05, 3.63) is 24.3 Å². The molecule has 1 amide bonds. The number of rotatable bonds is 7. The number of sulfonamides is 1. The van der Waals surface area contributed by atoms with Crippen molar-refractivity contribution >= 4 is 33.2 Å². The molecule has 0 saturated carbocycles. The third-order valence-corrected chi connectivity index (χ3v) is 6.15. The Morgan fingerprint density at radius 1 is 1.28 bits per heavy atom. The van der Waals surface area contributed by atoms with Crippen LogP contribution in [0.3, 0.4) is 0 Å².